The summed E-state index contributed by atoms with van der Waals surface area (Å²) in [6.07, 6.45) is 14.7. The number of Topliss-reactive ketones (excluding diaryl/α,β-unsaturated/α-hetero) is 2. The van der Waals surface area contributed by atoms with Gasteiger partial charge in [-0.3, -0.25) is 9.59 Å². The molecule has 5 rings (SSSR count). The molecule has 3 aliphatic rings. The molecule has 0 heterocycles. The van der Waals surface area contributed by atoms with E-state index in [4.69, 9.17) is 0 Å². The highest BCUT2D eigenvalue weighted by molar-refractivity contribution is 5.98. The molecular weight excluding hydrogens is 476 g/mol. The standard InChI is InChI=1S/C37H48O2/c1-4-10-26(5-2)34-25-32(22-15-28-11-7-8-12-33(28)34)27-13-16-29(17-14-27)35(38)30-18-20-31(21-19-30)36(39)37(6-3)23-9-24-37/h7-8,11-14,16-17,30-32H,4-6,9-10,15,18-25H2,1-3H3. The van der Waals surface area contributed by atoms with Crippen molar-refractivity contribution in [1.29, 1.82) is 0 Å². The van der Waals surface area contributed by atoms with Gasteiger partial charge in [-0.1, -0.05) is 87.7 Å². The number of allylic oxidation sites excluding steroid dienone is 2. The second kappa shape index (κ2) is 12.4. The highest BCUT2D eigenvalue weighted by Gasteiger charge is 2.45. The van der Waals surface area contributed by atoms with Crippen LogP contribution in [0, 0.1) is 17.3 Å². The summed E-state index contributed by atoms with van der Waals surface area (Å²) in [5.74, 6) is 1.52. The number of carbonyl (C=O) groups is 2. The van der Waals surface area contributed by atoms with Crippen LogP contribution in [0.4, 0.5) is 0 Å². The molecule has 1 atom stereocenters. The van der Waals surface area contributed by atoms with Gasteiger partial charge in [0.2, 0.25) is 0 Å². The van der Waals surface area contributed by atoms with Crippen LogP contribution in [0.15, 0.2) is 54.1 Å². The van der Waals surface area contributed by atoms with Crippen LogP contribution in [0.5, 0.6) is 0 Å². The summed E-state index contributed by atoms with van der Waals surface area (Å²) in [5.41, 5.74) is 8.32. The summed E-state index contributed by atoms with van der Waals surface area (Å²) >= 11 is 0. The van der Waals surface area contributed by atoms with Gasteiger partial charge >= 0.3 is 0 Å². The van der Waals surface area contributed by atoms with Crippen molar-refractivity contribution in [1.82, 2.24) is 0 Å². The van der Waals surface area contributed by atoms with Crippen molar-refractivity contribution in [2.75, 3.05) is 0 Å². The maximum Gasteiger partial charge on any atom is 0.165 e. The van der Waals surface area contributed by atoms with Crippen molar-refractivity contribution in [3.63, 3.8) is 0 Å². The monoisotopic (exact) mass is 524 g/mol. The smallest absolute Gasteiger partial charge is 0.165 e. The van der Waals surface area contributed by atoms with Gasteiger partial charge in [0.25, 0.3) is 0 Å². The Morgan fingerprint density at radius 3 is 2.15 bits per heavy atom. The average Bonchev–Trinajstić information content (AvgIpc) is 3.15. The fourth-order valence-corrected chi connectivity index (χ4v) is 7.87. The van der Waals surface area contributed by atoms with Gasteiger partial charge in [-0.15, -0.1) is 0 Å². The summed E-state index contributed by atoms with van der Waals surface area (Å²) in [6.45, 7) is 6.76. The molecule has 2 saturated carbocycles. The number of hydrogen-bond donors (Lipinski definition) is 0. The minimum absolute atomic E-state index is 0.0276. The maximum absolute atomic E-state index is 13.4. The average molecular weight is 525 g/mol. The summed E-state index contributed by atoms with van der Waals surface area (Å²) in [5, 5.41) is 0. The Balaban J connectivity index is 1.26. The number of aryl methyl sites for hydroxylation is 1. The van der Waals surface area contributed by atoms with E-state index >= 15 is 0 Å². The summed E-state index contributed by atoms with van der Waals surface area (Å²) < 4.78 is 0. The Labute approximate surface area is 236 Å². The second-order valence-corrected chi connectivity index (χ2v) is 12.7. The lowest BCUT2D eigenvalue weighted by Crippen LogP contribution is -2.42. The van der Waals surface area contributed by atoms with Crippen molar-refractivity contribution in [3.05, 3.63) is 76.4 Å². The summed E-state index contributed by atoms with van der Waals surface area (Å²) in [4.78, 5) is 26.6. The third-order valence-corrected chi connectivity index (χ3v) is 10.6. The van der Waals surface area contributed by atoms with Crippen molar-refractivity contribution in [2.24, 2.45) is 17.3 Å². The quantitative estimate of drug-likeness (QED) is 0.242. The fraction of sp³-hybridized carbons (Fsp3) is 0.568. The molecule has 2 fully saturated rings. The number of fused-ring (bicyclic) bond motifs is 1. The van der Waals surface area contributed by atoms with E-state index in [1.165, 1.54) is 36.0 Å². The lowest BCUT2D eigenvalue weighted by Gasteiger charge is -2.43. The Bertz CT molecular complexity index is 1180. The molecular formula is C37H48O2. The van der Waals surface area contributed by atoms with Crippen LogP contribution >= 0.6 is 0 Å². The molecule has 3 aliphatic carbocycles. The van der Waals surface area contributed by atoms with Crippen LogP contribution < -0.4 is 0 Å². The highest BCUT2D eigenvalue weighted by atomic mass is 16.1. The third kappa shape index (κ3) is 5.72. The predicted molar refractivity (Wildman–Crippen MR) is 162 cm³/mol. The maximum atomic E-state index is 13.4. The zero-order valence-electron chi connectivity index (χ0n) is 24.6. The Morgan fingerprint density at radius 2 is 1.54 bits per heavy atom. The van der Waals surface area contributed by atoms with E-state index < -0.39 is 0 Å². The van der Waals surface area contributed by atoms with Gasteiger partial charge in [0.15, 0.2) is 5.78 Å². The number of rotatable bonds is 9. The van der Waals surface area contributed by atoms with Gasteiger partial charge in [-0.05, 0) is 105 Å². The second-order valence-electron chi connectivity index (χ2n) is 12.7. The normalized spacial score (nSPS) is 25.7. The van der Waals surface area contributed by atoms with Crippen LogP contribution in [0.25, 0.3) is 5.57 Å². The first kappa shape index (κ1) is 28.1. The van der Waals surface area contributed by atoms with E-state index in [9.17, 15) is 9.59 Å². The molecule has 0 N–H and O–H groups in total. The van der Waals surface area contributed by atoms with Gasteiger partial charge in [0, 0.05) is 22.8 Å². The molecule has 0 amide bonds. The molecule has 2 nitrogen and oxygen atoms in total. The van der Waals surface area contributed by atoms with Crippen molar-refractivity contribution < 1.29 is 9.59 Å². The van der Waals surface area contributed by atoms with Crippen LogP contribution in [0.3, 0.4) is 0 Å². The molecule has 0 radical (unpaired) electrons. The largest absolute Gasteiger partial charge is 0.299 e. The molecule has 0 bridgehead atoms. The Kier molecular flexibility index (Phi) is 8.89. The zero-order valence-corrected chi connectivity index (χ0v) is 24.6. The van der Waals surface area contributed by atoms with Gasteiger partial charge in [-0.2, -0.15) is 0 Å². The minimum atomic E-state index is -0.0276. The lowest BCUT2D eigenvalue weighted by atomic mass is 9.60. The molecule has 0 aromatic heterocycles. The van der Waals surface area contributed by atoms with E-state index in [1.54, 1.807) is 11.1 Å². The Hall–Kier alpha value is -2.48. The zero-order chi connectivity index (χ0) is 27.4. The van der Waals surface area contributed by atoms with Crippen molar-refractivity contribution >= 4 is 17.1 Å². The minimum Gasteiger partial charge on any atom is -0.299 e. The first-order valence-corrected chi connectivity index (χ1v) is 16.0. The van der Waals surface area contributed by atoms with E-state index in [1.807, 2.05) is 0 Å². The molecule has 0 saturated heterocycles. The molecule has 1 unspecified atom stereocenters. The topological polar surface area (TPSA) is 34.1 Å². The molecule has 0 spiro atoms. The number of ketones is 2. The number of benzene rings is 2. The Morgan fingerprint density at radius 1 is 0.846 bits per heavy atom. The first-order chi connectivity index (χ1) is 19.0. The first-order valence-electron chi connectivity index (χ1n) is 16.0. The van der Waals surface area contributed by atoms with Gasteiger partial charge in [-0.25, -0.2) is 0 Å². The molecule has 2 aromatic carbocycles. The van der Waals surface area contributed by atoms with E-state index in [2.05, 4.69) is 69.3 Å². The third-order valence-electron chi connectivity index (χ3n) is 10.6. The van der Waals surface area contributed by atoms with Crippen LogP contribution in [-0.2, 0) is 11.2 Å². The molecule has 39 heavy (non-hydrogen) atoms. The lowest BCUT2D eigenvalue weighted by molar-refractivity contribution is -0.139. The number of hydrogen-bond acceptors (Lipinski definition) is 2. The predicted octanol–water partition coefficient (Wildman–Crippen LogP) is 9.91. The van der Waals surface area contributed by atoms with E-state index in [0.717, 1.165) is 76.2 Å². The molecule has 0 aliphatic heterocycles. The molecule has 208 valence electrons. The molecule has 2 heteroatoms. The van der Waals surface area contributed by atoms with Crippen molar-refractivity contribution in [3.8, 4) is 0 Å². The number of carbonyl (C=O) groups excluding carboxylic acids is 2. The van der Waals surface area contributed by atoms with Gasteiger partial charge < -0.3 is 0 Å². The van der Waals surface area contributed by atoms with Gasteiger partial charge in [0.05, 0.1) is 0 Å². The summed E-state index contributed by atoms with van der Waals surface area (Å²) in [7, 11) is 0. The highest BCUT2D eigenvalue weighted by Crippen LogP contribution is 2.48. The van der Waals surface area contributed by atoms with Crippen LogP contribution in [0.1, 0.15) is 137 Å². The van der Waals surface area contributed by atoms with Crippen LogP contribution in [-0.4, -0.2) is 11.6 Å². The molecule has 2 aromatic rings. The van der Waals surface area contributed by atoms with Crippen LogP contribution in [0.2, 0.25) is 0 Å². The fourth-order valence-electron chi connectivity index (χ4n) is 7.87. The van der Waals surface area contributed by atoms with E-state index in [0.29, 0.717) is 11.7 Å². The van der Waals surface area contributed by atoms with Gasteiger partial charge in [0.1, 0.15) is 5.78 Å². The van der Waals surface area contributed by atoms with Crippen molar-refractivity contribution in [2.45, 2.75) is 117 Å². The van der Waals surface area contributed by atoms with E-state index in [-0.39, 0.29) is 23.0 Å². The summed E-state index contributed by atoms with van der Waals surface area (Å²) in [6, 6.07) is 17.7. The SMILES string of the molecule is CCCC(CC)=C1CC(c2ccc(C(=O)C3CCC(C(=O)C4(CC)CCC4)CC3)cc2)CCc2ccccc21.